The number of nitrogens with zero attached hydrogens (tertiary/aromatic N) is 1. The van der Waals surface area contributed by atoms with E-state index in [0.29, 0.717) is 26.2 Å². The van der Waals surface area contributed by atoms with Gasteiger partial charge in [-0.15, -0.1) is 0 Å². The van der Waals surface area contributed by atoms with E-state index in [4.69, 9.17) is 4.74 Å². The minimum Gasteiger partial charge on any atom is -0.381 e. The van der Waals surface area contributed by atoms with Crippen LogP contribution in [-0.4, -0.2) is 36.5 Å². The van der Waals surface area contributed by atoms with Gasteiger partial charge in [-0.25, -0.2) is 0 Å². The molecule has 1 aromatic rings. The van der Waals surface area contributed by atoms with Crippen LogP contribution >= 0.6 is 0 Å². The zero-order chi connectivity index (χ0) is 17.1. The molecule has 0 bridgehead atoms. The monoisotopic (exact) mass is 323 g/mol. The summed E-state index contributed by atoms with van der Waals surface area (Å²) < 4.78 is 5.33. The van der Waals surface area contributed by atoms with E-state index in [1.54, 1.807) is 0 Å². The van der Waals surface area contributed by atoms with Crippen LogP contribution < -0.4 is 10.6 Å². The second-order valence-corrected chi connectivity index (χ2v) is 4.84. The highest BCUT2D eigenvalue weighted by Gasteiger charge is 2.14. The van der Waals surface area contributed by atoms with Crippen LogP contribution in [0.25, 0.3) is 0 Å². The number of rotatable bonds is 9. The van der Waals surface area contributed by atoms with Crippen LogP contribution in [0.4, 0.5) is 11.4 Å². The lowest BCUT2D eigenvalue weighted by Gasteiger charge is -2.07. The summed E-state index contributed by atoms with van der Waals surface area (Å²) in [6, 6.07) is 5.39. The molecule has 1 rings (SSSR count). The fourth-order valence-electron chi connectivity index (χ4n) is 1.69. The smallest absolute Gasteiger partial charge is 0.313 e. The van der Waals surface area contributed by atoms with Gasteiger partial charge in [0.25, 0.3) is 5.69 Å². The highest BCUT2D eigenvalue weighted by molar-refractivity contribution is 6.39. The minimum absolute atomic E-state index is 0.160. The first-order chi connectivity index (χ1) is 11.0. The number of benzene rings is 1. The Hall–Kier alpha value is -2.48. The lowest BCUT2D eigenvalue weighted by Crippen LogP contribution is -2.36. The number of nitro groups is 1. The molecule has 1 aromatic carbocycles. The molecule has 8 heteroatoms. The highest BCUT2D eigenvalue weighted by atomic mass is 16.6. The van der Waals surface area contributed by atoms with Crippen LogP contribution in [-0.2, 0) is 14.3 Å². The zero-order valence-electron chi connectivity index (χ0n) is 13.0. The lowest BCUT2D eigenvalue weighted by atomic mass is 10.3. The van der Waals surface area contributed by atoms with Crippen LogP contribution in [0, 0.1) is 10.1 Å². The van der Waals surface area contributed by atoms with Crippen molar-refractivity contribution < 1.29 is 19.2 Å². The van der Waals surface area contributed by atoms with E-state index in [-0.39, 0.29) is 11.4 Å². The average Bonchev–Trinajstić information content (AvgIpc) is 2.54. The second kappa shape index (κ2) is 10.3. The Kier molecular flexibility index (Phi) is 8.30. The predicted octanol–water partition coefficient (Wildman–Crippen LogP) is 1.86. The molecule has 23 heavy (non-hydrogen) atoms. The maximum absolute atomic E-state index is 11.7. The number of non-ortho nitro benzene ring substituents is 1. The Morgan fingerprint density at radius 1 is 1.22 bits per heavy atom. The third-order valence-corrected chi connectivity index (χ3v) is 2.91. The molecule has 0 unspecified atom stereocenters. The largest absolute Gasteiger partial charge is 0.381 e. The van der Waals surface area contributed by atoms with E-state index in [9.17, 15) is 19.7 Å². The number of unbranched alkanes of at least 4 members (excludes halogenated alkanes) is 1. The number of carbonyl (C=O) groups is 2. The van der Waals surface area contributed by atoms with Crippen molar-refractivity contribution in [2.45, 2.75) is 26.2 Å². The van der Waals surface area contributed by atoms with Gasteiger partial charge in [0.2, 0.25) is 0 Å². The van der Waals surface area contributed by atoms with E-state index >= 15 is 0 Å². The predicted molar refractivity (Wildman–Crippen MR) is 85.1 cm³/mol. The SMILES string of the molecule is CCCCOCCCNC(=O)C(=O)Nc1cccc([N+](=O)[O-])c1. The van der Waals surface area contributed by atoms with Crippen LogP contribution in [0.1, 0.15) is 26.2 Å². The van der Waals surface area contributed by atoms with Gasteiger partial charge in [0.1, 0.15) is 0 Å². The number of amides is 2. The van der Waals surface area contributed by atoms with Crippen molar-refractivity contribution in [2.75, 3.05) is 25.1 Å². The van der Waals surface area contributed by atoms with Crippen LogP contribution in [0.2, 0.25) is 0 Å². The number of nitrogens with one attached hydrogen (secondary N) is 2. The van der Waals surface area contributed by atoms with E-state index < -0.39 is 16.7 Å². The molecule has 0 saturated heterocycles. The molecule has 2 N–H and O–H groups in total. The van der Waals surface area contributed by atoms with Crippen molar-refractivity contribution in [1.82, 2.24) is 5.32 Å². The maximum Gasteiger partial charge on any atom is 0.313 e. The summed E-state index contributed by atoms with van der Waals surface area (Å²) >= 11 is 0. The maximum atomic E-state index is 11.7. The van der Waals surface area contributed by atoms with Gasteiger partial charge in [-0.2, -0.15) is 0 Å². The molecular formula is C15H21N3O5. The minimum atomic E-state index is -0.864. The molecule has 0 radical (unpaired) electrons. The third-order valence-electron chi connectivity index (χ3n) is 2.91. The molecule has 0 aliphatic heterocycles. The Morgan fingerprint density at radius 2 is 1.96 bits per heavy atom. The molecule has 126 valence electrons. The fourth-order valence-corrected chi connectivity index (χ4v) is 1.69. The Balaban J connectivity index is 2.30. The van der Waals surface area contributed by atoms with Crippen molar-refractivity contribution in [1.29, 1.82) is 0 Å². The summed E-state index contributed by atoms with van der Waals surface area (Å²) in [6.07, 6.45) is 2.67. The van der Waals surface area contributed by atoms with E-state index in [2.05, 4.69) is 17.6 Å². The second-order valence-electron chi connectivity index (χ2n) is 4.84. The standard InChI is InChI=1S/C15H21N3O5/c1-2-3-9-23-10-5-8-16-14(19)15(20)17-12-6-4-7-13(11-12)18(21)22/h4,6-7,11H,2-3,5,8-10H2,1H3,(H,16,19)(H,17,20). The quantitative estimate of drug-likeness (QED) is 0.312. The molecule has 0 fully saturated rings. The normalized spacial score (nSPS) is 10.1. The summed E-state index contributed by atoms with van der Waals surface area (Å²) in [4.78, 5) is 33.3. The van der Waals surface area contributed by atoms with Crippen molar-refractivity contribution in [3.05, 3.63) is 34.4 Å². The topological polar surface area (TPSA) is 111 Å². The number of nitro benzene ring substituents is 1. The van der Waals surface area contributed by atoms with Gasteiger partial charge in [0, 0.05) is 37.6 Å². The van der Waals surface area contributed by atoms with Gasteiger partial charge in [-0.1, -0.05) is 19.4 Å². The molecule has 0 aromatic heterocycles. The Labute approximate surface area is 134 Å². The van der Waals surface area contributed by atoms with Gasteiger partial charge in [-0.05, 0) is 18.9 Å². The lowest BCUT2D eigenvalue weighted by molar-refractivity contribution is -0.384. The summed E-state index contributed by atoms with van der Waals surface area (Å²) in [5.74, 6) is -1.65. The Morgan fingerprint density at radius 3 is 2.65 bits per heavy atom. The van der Waals surface area contributed by atoms with Crippen LogP contribution in [0.3, 0.4) is 0 Å². The van der Waals surface area contributed by atoms with Crippen molar-refractivity contribution >= 4 is 23.2 Å². The van der Waals surface area contributed by atoms with Gasteiger partial charge in [-0.3, -0.25) is 19.7 Å². The third kappa shape index (κ3) is 7.37. The summed E-state index contributed by atoms with van der Waals surface area (Å²) in [7, 11) is 0. The molecule has 0 aliphatic carbocycles. The number of hydrogen-bond donors (Lipinski definition) is 2. The van der Waals surface area contributed by atoms with Gasteiger partial charge in [0.05, 0.1) is 4.92 Å². The molecule has 0 spiro atoms. The van der Waals surface area contributed by atoms with E-state index in [1.807, 2.05) is 0 Å². The van der Waals surface area contributed by atoms with E-state index in [0.717, 1.165) is 12.8 Å². The van der Waals surface area contributed by atoms with Crippen molar-refractivity contribution in [2.24, 2.45) is 0 Å². The summed E-state index contributed by atoms with van der Waals surface area (Å²) in [5, 5.41) is 15.4. The van der Waals surface area contributed by atoms with Crippen molar-refractivity contribution in [3.8, 4) is 0 Å². The summed E-state index contributed by atoms with van der Waals surface area (Å²) in [6.45, 7) is 3.61. The fraction of sp³-hybridized carbons (Fsp3) is 0.467. The molecule has 0 aliphatic rings. The average molecular weight is 323 g/mol. The first-order valence-corrected chi connectivity index (χ1v) is 7.46. The first-order valence-electron chi connectivity index (χ1n) is 7.46. The van der Waals surface area contributed by atoms with Crippen LogP contribution in [0.5, 0.6) is 0 Å². The van der Waals surface area contributed by atoms with E-state index in [1.165, 1.54) is 24.3 Å². The molecular weight excluding hydrogens is 302 g/mol. The molecule has 0 heterocycles. The molecule has 8 nitrogen and oxygen atoms in total. The van der Waals surface area contributed by atoms with Crippen LogP contribution in [0.15, 0.2) is 24.3 Å². The first kappa shape index (κ1) is 18.6. The molecule has 0 atom stereocenters. The number of hydrogen-bond acceptors (Lipinski definition) is 5. The van der Waals surface area contributed by atoms with Gasteiger partial charge < -0.3 is 15.4 Å². The molecule has 2 amide bonds. The highest BCUT2D eigenvalue weighted by Crippen LogP contribution is 2.16. The number of carbonyl (C=O) groups excluding carboxylic acids is 2. The van der Waals surface area contributed by atoms with Crippen molar-refractivity contribution in [3.63, 3.8) is 0 Å². The summed E-state index contributed by atoms with van der Waals surface area (Å²) in [5.41, 5.74) is 0.0367. The zero-order valence-corrected chi connectivity index (χ0v) is 13.0. The van der Waals surface area contributed by atoms with Gasteiger partial charge >= 0.3 is 11.8 Å². The Bertz CT molecular complexity index is 548. The van der Waals surface area contributed by atoms with Gasteiger partial charge in [0.15, 0.2) is 0 Å². The number of ether oxygens (including phenoxy) is 1. The molecule has 0 saturated carbocycles. The number of anilines is 1.